The van der Waals surface area contributed by atoms with Crippen LogP contribution in [0.2, 0.25) is 0 Å². The van der Waals surface area contributed by atoms with E-state index in [1.54, 1.807) is 12.1 Å². The molecule has 25 heavy (non-hydrogen) atoms. The van der Waals surface area contributed by atoms with Gasteiger partial charge in [0.2, 0.25) is 15.9 Å². The Labute approximate surface area is 146 Å². The number of hydrogen-bond donors (Lipinski definition) is 0. The Balaban J connectivity index is 1.93. The van der Waals surface area contributed by atoms with Crippen LogP contribution in [0.15, 0.2) is 33.7 Å². The quantitative estimate of drug-likeness (QED) is 0.797. The van der Waals surface area contributed by atoms with Gasteiger partial charge in [0, 0.05) is 12.5 Å². The molecule has 0 radical (unpaired) electrons. The van der Waals surface area contributed by atoms with Crippen molar-refractivity contribution in [2.24, 2.45) is 0 Å². The van der Waals surface area contributed by atoms with Crippen LogP contribution in [0.1, 0.15) is 37.5 Å². The molecule has 1 aromatic heterocycles. The number of aromatic nitrogens is 2. The highest BCUT2D eigenvalue weighted by Gasteiger charge is 2.37. The van der Waals surface area contributed by atoms with E-state index in [4.69, 9.17) is 14.0 Å². The second-order valence-corrected chi connectivity index (χ2v) is 7.92. The van der Waals surface area contributed by atoms with Gasteiger partial charge in [-0.1, -0.05) is 19.0 Å². The maximum absolute atomic E-state index is 13.1. The minimum absolute atomic E-state index is 0.0670. The summed E-state index contributed by atoms with van der Waals surface area (Å²) in [6.07, 6.45) is 0. The van der Waals surface area contributed by atoms with E-state index in [0.717, 1.165) is 0 Å². The summed E-state index contributed by atoms with van der Waals surface area (Å²) in [6, 6.07) is 5.67. The van der Waals surface area contributed by atoms with E-state index in [2.05, 4.69) is 10.1 Å². The van der Waals surface area contributed by atoms with Gasteiger partial charge >= 0.3 is 0 Å². The number of benzene rings is 1. The van der Waals surface area contributed by atoms with E-state index in [1.165, 1.54) is 23.5 Å². The number of nitrogens with zero attached hydrogens (tertiary/aromatic N) is 3. The van der Waals surface area contributed by atoms with Gasteiger partial charge in [0.05, 0.1) is 25.2 Å². The molecule has 1 aliphatic rings. The topological polar surface area (TPSA) is 94.8 Å². The van der Waals surface area contributed by atoms with Crippen molar-refractivity contribution >= 4 is 10.0 Å². The zero-order valence-electron chi connectivity index (χ0n) is 14.4. The summed E-state index contributed by atoms with van der Waals surface area (Å²) in [5.74, 6) is 1.46. The molecule has 1 atom stereocenters. The van der Waals surface area contributed by atoms with Gasteiger partial charge in [-0.25, -0.2) is 8.42 Å². The fraction of sp³-hybridized carbons (Fsp3) is 0.500. The van der Waals surface area contributed by atoms with Gasteiger partial charge in [-0.3, -0.25) is 0 Å². The Morgan fingerprint density at radius 2 is 2.00 bits per heavy atom. The fourth-order valence-electron chi connectivity index (χ4n) is 2.58. The van der Waals surface area contributed by atoms with Crippen LogP contribution in [0.4, 0.5) is 0 Å². The summed E-state index contributed by atoms with van der Waals surface area (Å²) in [5.41, 5.74) is 0. The first-order valence-electron chi connectivity index (χ1n) is 8.00. The molecule has 1 aliphatic heterocycles. The highest BCUT2D eigenvalue weighted by atomic mass is 32.2. The van der Waals surface area contributed by atoms with Crippen LogP contribution in [0.3, 0.4) is 0 Å². The van der Waals surface area contributed by atoms with Crippen LogP contribution < -0.4 is 4.74 Å². The summed E-state index contributed by atoms with van der Waals surface area (Å²) in [5, 5.41) is 3.95. The van der Waals surface area contributed by atoms with Crippen molar-refractivity contribution in [2.45, 2.75) is 30.7 Å². The minimum Gasteiger partial charge on any atom is -0.497 e. The van der Waals surface area contributed by atoms with Gasteiger partial charge in [0.1, 0.15) is 11.8 Å². The first kappa shape index (κ1) is 17.8. The number of rotatable bonds is 5. The van der Waals surface area contributed by atoms with Crippen LogP contribution in [0.25, 0.3) is 0 Å². The Morgan fingerprint density at radius 3 is 2.60 bits per heavy atom. The molecule has 0 spiro atoms. The van der Waals surface area contributed by atoms with E-state index in [9.17, 15) is 8.42 Å². The van der Waals surface area contributed by atoms with Crippen molar-refractivity contribution in [3.8, 4) is 5.75 Å². The maximum atomic E-state index is 13.1. The average Bonchev–Trinajstić information content (AvgIpc) is 3.12. The Morgan fingerprint density at radius 1 is 1.28 bits per heavy atom. The summed E-state index contributed by atoms with van der Waals surface area (Å²) in [6.45, 7) is 4.60. The van der Waals surface area contributed by atoms with Gasteiger partial charge in [0.15, 0.2) is 5.82 Å². The molecule has 0 amide bonds. The third kappa shape index (κ3) is 3.53. The molecule has 0 bridgehead atoms. The molecule has 1 aromatic carbocycles. The zero-order chi connectivity index (χ0) is 18.0. The van der Waals surface area contributed by atoms with Crippen molar-refractivity contribution in [1.82, 2.24) is 14.4 Å². The van der Waals surface area contributed by atoms with Crippen molar-refractivity contribution in [1.29, 1.82) is 0 Å². The van der Waals surface area contributed by atoms with E-state index in [0.29, 0.717) is 24.1 Å². The number of methoxy groups -OCH3 is 1. The minimum atomic E-state index is -3.72. The number of morpholine rings is 1. The van der Waals surface area contributed by atoms with E-state index < -0.39 is 16.1 Å². The SMILES string of the molecule is COc1ccc(S(=O)(=O)N2CCOC[C@@H]2c2noc(C(C)C)n2)cc1. The molecule has 1 fully saturated rings. The third-order valence-corrected chi connectivity index (χ3v) is 5.92. The Bertz CT molecular complexity index is 817. The molecule has 1 saturated heterocycles. The molecular weight excluding hydrogens is 346 g/mol. The molecule has 0 aliphatic carbocycles. The van der Waals surface area contributed by atoms with Crippen LogP contribution >= 0.6 is 0 Å². The number of sulfonamides is 1. The number of hydrogen-bond acceptors (Lipinski definition) is 7. The monoisotopic (exact) mass is 367 g/mol. The average molecular weight is 367 g/mol. The number of ether oxygens (including phenoxy) is 2. The van der Waals surface area contributed by atoms with Crippen LogP contribution in [-0.4, -0.2) is 49.7 Å². The molecular formula is C16H21N3O5S. The van der Waals surface area contributed by atoms with Crippen molar-refractivity contribution in [3.05, 3.63) is 36.0 Å². The molecule has 9 heteroatoms. The first-order valence-corrected chi connectivity index (χ1v) is 9.44. The second kappa shape index (κ2) is 7.11. The van der Waals surface area contributed by atoms with Gasteiger partial charge in [-0.15, -0.1) is 0 Å². The second-order valence-electron chi connectivity index (χ2n) is 6.03. The van der Waals surface area contributed by atoms with Gasteiger partial charge in [-0.05, 0) is 24.3 Å². The maximum Gasteiger partial charge on any atom is 0.243 e. The third-order valence-electron chi connectivity index (χ3n) is 3.99. The van der Waals surface area contributed by atoms with Crippen molar-refractivity contribution in [3.63, 3.8) is 0 Å². The molecule has 2 aromatic rings. The summed E-state index contributed by atoms with van der Waals surface area (Å²) in [4.78, 5) is 4.52. The van der Waals surface area contributed by atoms with Crippen molar-refractivity contribution in [2.75, 3.05) is 26.9 Å². The lowest BCUT2D eigenvalue weighted by atomic mass is 10.2. The zero-order valence-corrected chi connectivity index (χ0v) is 15.2. The molecule has 136 valence electrons. The molecule has 0 unspecified atom stereocenters. The largest absolute Gasteiger partial charge is 0.497 e. The van der Waals surface area contributed by atoms with Crippen LogP contribution in [0.5, 0.6) is 5.75 Å². The molecule has 0 saturated carbocycles. The molecule has 0 N–H and O–H groups in total. The van der Waals surface area contributed by atoms with Gasteiger partial charge in [-0.2, -0.15) is 9.29 Å². The Kier molecular flexibility index (Phi) is 5.07. The van der Waals surface area contributed by atoms with Gasteiger partial charge < -0.3 is 14.0 Å². The normalized spacial score (nSPS) is 19.3. The van der Waals surface area contributed by atoms with E-state index in [1.807, 2.05) is 13.8 Å². The predicted molar refractivity (Wildman–Crippen MR) is 88.8 cm³/mol. The summed E-state index contributed by atoms with van der Waals surface area (Å²) >= 11 is 0. The summed E-state index contributed by atoms with van der Waals surface area (Å²) < 4.78 is 43.2. The fourth-order valence-corrected chi connectivity index (χ4v) is 4.14. The van der Waals surface area contributed by atoms with E-state index in [-0.39, 0.29) is 24.0 Å². The predicted octanol–water partition coefficient (Wildman–Crippen LogP) is 1.96. The molecule has 8 nitrogen and oxygen atoms in total. The van der Waals surface area contributed by atoms with Gasteiger partial charge in [0.25, 0.3) is 0 Å². The highest BCUT2D eigenvalue weighted by Crippen LogP contribution is 2.30. The standard InChI is InChI=1S/C16H21N3O5S/c1-11(2)16-17-15(18-24-16)14-10-23-9-8-19(14)25(20,21)13-6-4-12(22-3)5-7-13/h4-7,11,14H,8-10H2,1-3H3/t14-/m1/s1. The summed E-state index contributed by atoms with van der Waals surface area (Å²) in [7, 11) is -2.19. The Hall–Kier alpha value is -1.97. The lowest BCUT2D eigenvalue weighted by molar-refractivity contribution is 0.0282. The van der Waals surface area contributed by atoms with Crippen LogP contribution in [0, 0.1) is 0 Å². The lowest BCUT2D eigenvalue weighted by Gasteiger charge is -2.32. The lowest BCUT2D eigenvalue weighted by Crippen LogP contribution is -2.43. The molecule has 3 rings (SSSR count). The van der Waals surface area contributed by atoms with Crippen LogP contribution in [-0.2, 0) is 14.8 Å². The smallest absolute Gasteiger partial charge is 0.243 e. The van der Waals surface area contributed by atoms with E-state index >= 15 is 0 Å². The van der Waals surface area contributed by atoms with Crippen molar-refractivity contribution < 1.29 is 22.4 Å². The molecule has 2 heterocycles. The highest BCUT2D eigenvalue weighted by molar-refractivity contribution is 7.89. The first-order chi connectivity index (χ1) is 11.9.